The van der Waals surface area contributed by atoms with Crippen molar-refractivity contribution >= 4 is 29.1 Å². The van der Waals surface area contributed by atoms with Gasteiger partial charge in [-0.1, -0.05) is 30.3 Å². The molecule has 3 aliphatic rings. The van der Waals surface area contributed by atoms with Gasteiger partial charge in [0.05, 0.1) is 24.3 Å². The number of carbonyl (C=O) groups is 3. The molecule has 1 atom stereocenters. The van der Waals surface area contributed by atoms with Crippen molar-refractivity contribution in [1.29, 1.82) is 5.26 Å². The summed E-state index contributed by atoms with van der Waals surface area (Å²) < 4.78 is 9.71. The van der Waals surface area contributed by atoms with E-state index in [2.05, 4.69) is 48.1 Å². The number of benzene rings is 3. The number of piperidine rings is 1. The van der Waals surface area contributed by atoms with Crippen molar-refractivity contribution in [2.24, 2.45) is 20.0 Å². The summed E-state index contributed by atoms with van der Waals surface area (Å²) in [4.78, 5) is 56.5. The van der Waals surface area contributed by atoms with Gasteiger partial charge >= 0.3 is 0 Å². The van der Waals surface area contributed by atoms with E-state index in [4.69, 9.17) is 4.74 Å². The fourth-order valence-electron chi connectivity index (χ4n) is 10.2. The number of hydrogen-bond donors (Lipinski definition) is 1. The van der Waals surface area contributed by atoms with Crippen LogP contribution in [-0.2, 0) is 51.2 Å². The van der Waals surface area contributed by atoms with Crippen LogP contribution in [0.25, 0.3) is 11.3 Å². The van der Waals surface area contributed by atoms with Crippen molar-refractivity contribution in [3.63, 3.8) is 0 Å². The molecule has 6 heterocycles. The molecule has 13 heteroatoms. The number of hydrogen-bond acceptors (Lipinski definition) is 8. The number of carbonyl (C=O) groups excluding carboxylic acids is 3. The van der Waals surface area contributed by atoms with Gasteiger partial charge in [0.25, 0.3) is 11.8 Å². The first-order valence-corrected chi connectivity index (χ1v) is 23.7. The zero-order valence-corrected chi connectivity index (χ0v) is 40.0. The molecule has 0 bridgehead atoms. The van der Waals surface area contributed by atoms with Gasteiger partial charge in [0, 0.05) is 85.9 Å². The third kappa shape index (κ3) is 9.13. The molecule has 1 saturated heterocycles. The van der Waals surface area contributed by atoms with Crippen molar-refractivity contribution in [2.75, 3.05) is 38.2 Å². The van der Waals surface area contributed by atoms with Crippen molar-refractivity contribution in [2.45, 2.75) is 78.4 Å². The molecule has 3 amide bonds. The molecule has 9 rings (SSSR count). The summed E-state index contributed by atoms with van der Waals surface area (Å²) in [5.41, 5.74) is 10.4. The highest BCUT2D eigenvalue weighted by molar-refractivity contribution is 6.13. The van der Waals surface area contributed by atoms with Crippen LogP contribution in [0.1, 0.15) is 91.8 Å². The Labute approximate surface area is 398 Å². The van der Waals surface area contributed by atoms with Crippen LogP contribution in [0.3, 0.4) is 0 Å². The Kier molecular flexibility index (Phi) is 13.0. The van der Waals surface area contributed by atoms with Crippen molar-refractivity contribution in [3.05, 3.63) is 147 Å². The lowest BCUT2D eigenvalue weighted by molar-refractivity contribution is -0.131. The molecule has 13 nitrogen and oxygen atoms in total. The smallest absolute Gasteiger partial charge is 0.264 e. The summed E-state index contributed by atoms with van der Waals surface area (Å²) in [5, 5.41) is 20.1. The van der Waals surface area contributed by atoms with Crippen LogP contribution in [0, 0.1) is 31.1 Å². The summed E-state index contributed by atoms with van der Waals surface area (Å²) in [6.45, 7) is 10.1. The number of rotatable bonds is 11. The van der Waals surface area contributed by atoms with Crippen molar-refractivity contribution < 1.29 is 24.2 Å². The molecule has 0 unspecified atom stereocenters. The van der Waals surface area contributed by atoms with E-state index >= 15 is 9.59 Å². The topological polar surface area (TPSA) is 140 Å². The van der Waals surface area contributed by atoms with Crippen LogP contribution in [0.15, 0.2) is 91.1 Å². The van der Waals surface area contributed by atoms with E-state index in [1.807, 2.05) is 71.7 Å². The molecule has 3 aromatic carbocycles. The van der Waals surface area contributed by atoms with E-state index in [9.17, 15) is 15.2 Å². The maximum atomic E-state index is 15.2. The van der Waals surface area contributed by atoms with E-state index in [1.165, 1.54) is 30.5 Å². The fraction of sp³-hybridized carbons (Fsp3) is 0.364. The Morgan fingerprint density at radius 3 is 2.29 bits per heavy atom. The molecule has 0 aliphatic carbocycles. The minimum Gasteiger partial charge on any atom is -0.508 e. The highest BCUT2D eigenvalue weighted by Gasteiger charge is 2.34. The van der Waals surface area contributed by atoms with Crippen molar-refractivity contribution in [1.82, 2.24) is 28.8 Å². The summed E-state index contributed by atoms with van der Waals surface area (Å²) in [5.74, 6) is 0.856. The van der Waals surface area contributed by atoms with E-state index < -0.39 is 0 Å². The number of likely N-dealkylation sites (tertiary alicyclic amines) is 1. The molecule has 1 N–H and O–H groups in total. The highest BCUT2D eigenvalue weighted by atomic mass is 16.5. The summed E-state index contributed by atoms with van der Waals surface area (Å²) in [7, 11) is 5.87. The van der Waals surface area contributed by atoms with Gasteiger partial charge in [-0.15, -0.1) is 0 Å². The number of phenolic OH excluding ortho intramolecular Hbond substituents is 1. The maximum absolute atomic E-state index is 15.2. The van der Waals surface area contributed by atoms with Crippen LogP contribution >= 0.6 is 0 Å². The third-order valence-corrected chi connectivity index (χ3v) is 14.7. The minimum absolute atomic E-state index is 0.0125. The number of amides is 3. The standard InChI is InChI=1S/C55H60N8O5/c1-35-25-40-9-7-8-10-42(40)34-62(35)54(66)49-28-43-33-61(53(65)26-39-11-16-52(57-32-39)68-24-20-38-17-21-58(4)22-18-38)23-19-41(43)27-48(49)51-30-47(36(2)60(51)6)55(67)63(44-12-14-46(64)15-13-44)50-29-45(31-56)59(5)37(50)3/h7-16,27-30,32,35,38,64H,17-26,33-34H2,1-6H3/t35-/m1/s1. The normalized spacial score (nSPS) is 16.2. The lowest BCUT2D eigenvalue weighted by atomic mass is 9.89. The zero-order valence-electron chi connectivity index (χ0n) is 40.0. The maximum Gasteiger partial charge on any atom is 0.264 e. The molecule has 3 aromatic heterocycles. The van der Waals surface area contributed by atoms with Crippen LogP contribution in [-0.4, -0.2) is 91.0 Å². The number of fused-ring (bicyclic) bond motifs is 2. The number of nitrogens with zero attached hydrogens (tertiary/aromatic N) is 8. The monoisotopic (exact) mass is 912 g/mol. The van der Waals surface area contributed by atoms with Gasteiger partial charge in [0.1, 0.15) is 17.5 Å². The molecule has 0 saturated carbocycles. The van der Waals surface area contributed by atoms with Gasteiger partial charge in [-0.05, 0) is 155 Å². The van der Waals surface area contributed by atoms with E-state index in [-0.39, 0.29) is 35.9 Å². The van der Waals surface area contributed by atoms with Gasteiger partial charge < -0.3 is 33.7 Å². The Morgan fingerprint density at radius 2 is 1.59 bits per heavy atom. The molecular formula is C55H60N8O5. The summed E-state index contributed by atoms with van der Waals surface area (Å²) in [6.07, 6.45) is 6.66. The molecule has 0 spiro atoms. The number of ether oxygens (including phenoxy) is 1. The first-order chi connectivity index (χ1) is 32.8. The first kappa shape index (κ1) is 46.0. The lowest BCUT2D eigenvalue weighted by Gasteiger charge is -2.36. The van der Waals surface area contributed by atoms with Crippen LogP contribution in [0.2, 0.25) is 0 Å². The Balaban J connectivity index is 1.01. The predicted octanol–water partition coefficient (Wildman–Crippen LogP) is 8.42. The van der Waals surface area contributed by atoms with Crippen LogP contribution in [0.4, 0.5) is 11.4 Å². The minimum atomic E-state index is -0.324. The summed E-state index contributed by atoms with van der Waals surface area (Å²) >= 11 is 0. The lowest BCUT2D eigenvalue weighted by Crippen LogP contribution is -2.43. The van der Waals surface area contributed by atoms with E-state index in [1.54, 1.807) is 40.9 Å². The Bertz CT molecular complexity index is 2920. The summed E-state index contributed by atoms with van der Waals surface area (Å²) in [6, 6.07) is 28.2. The second-order valence-electron chi connectivity index (χ2n) is 19.0. The largest absolute Gasteiger partial charge is 0.508 e. The van der Waals surface area contributed by atoms with Gasteiger partial charge in [0.2, 0.25) is 11.8 Å². The average molecular weight is 913 g/mol. The number of pyridine rings is 1. The second-order valence-corrected chi connectivity index (χ2v) is 19.0. The molecule has 350 valence electrons. The van der Waals surface area contributed by atoms with Gasteiger partial charge in [-0.25, -0.2) is 4.98 Å². The zero-order chi connectivity index (χ0) is 47.8. The van der Waals surface area contributed by atoms with E-state index in [0.29, 0.717) is 89.6 Å². The molecular weight excluding hydrogens is 853 g/mol. The van der Waals surface area contributed by atoms with Gasteiger partial charge in [-0.3, -0.25) is 19.3 Å². The average Bonchev–Trinajstić information content (AvgIpc) is 3.80. The molecule has 1 fully saturated rings. The fourth-order valence-corrected chi connectivity index (χ4v) is 10.2. The molecule has 6 aromatic rings. The van der Waals surface area contributed by atoms with Crippen LogP contribution < -0.4 is 9.64 Å². The van der Waals surface area contributed by atoms with Gasteiger partial charge in [-0.2, -0.15) is 5.26 Å². The quantitative estimate of drug-likeness (QED) is 0.137. The number of phenols is 1. The molecule has 3 aliphatic heterocycles. The SMILES string of the molecule is Cc1c(N(C(=O)c2cc(-c3cc4c(cc3C(=O)N3Cc5ccccc5C[C@H]3C)CN(C(=O)Cc3ccc(OCCC5CCN(C)CC5)nc3)CC4)n(C)c2C)c2ccc(O)cc2)cc(C#N)n1C. The number of nitriles is 1. The Morgan fingerprint density at radius 1 is 0.838 bits per heavy atom. The third-order valence-electron chi connectivity index (χ3n) is 14.7. The second kappa shape index (κ2) is 19.2. The first-order valence-electron chi connectivity index (χ1n) is 23.7. The number of anilines is 2. The Hall–Kier alpha value is -7.17. The number of aromatic hydroxyl groups is 1. The highest BCUT2D eigenvalue weighted by Crippen LogP contribution is 2.38. The predicted molar refractivity (Wildman–Crippen MR) is 262 cm³/mol. The van der Waals surface area contributed by atoms with Gasteiger partial charge in [0.15, 0.2) is 0 Å². The molecule has 68 heavy (non-hydrogen) atoms. The number of aromatic nitrogens is 3. The van der Waals surface area contributed by atoms with E-state index in [0.717, 1.165) is 53.9 Å². The molecule has 0 radical (unpaired) electrons. The van der Waals surface area contributed by atoms with Crippen molar-refractivity contribution in [3.8, 4) is 29.0 Å². The van der Waals surface area contributed by atoms with Crippen LogP contribution in [0.5, 0.6) is 11.6 Å².